The van der Waals surface area contributed by atoms with Gasteiger partial charge in [-0.15, -0.1) is 0 Å². The predicted molar refractivity (Wildman–Crippen MR) is 127 cm³/mol. The number of aromatic hydroxyl groups is 1. The number of nitrogens with one attached hydrogen (secondary N) is 2. The van der Waals surface area contributed by atoms with Gasteiger partial charge in [0, 0.05) is 16.7 Å². The number of amidine groups is 1. The quantitative estimate of drug-likeness (QED) is 0.175. The lowest BCUT2D eigenvalue weighted by Crippen LogP contribution is -2.16. The minimum Gasteiger partial charge on any atom is -0.507 e. The summed E-state index contributed by atoms with van der Waals surface area (Å²) in [6.07, 6.45) is -0.680. The number of hydrogen-bond acceptors (Lipinski definition) is 6. The summed E-state index contributed by atoms with van der Waals surface area (Å²) in [5.41, 5.74) is 8.05. The average molecular weight is 469 g/mol. The number of imidazole rings is 1. The van der Waals surface area contributed by atoms with Gasteiger partial charge in [0.2, 0.25) is 0 Å². The summed E-state index contributed by atoms with van der Waals surface area (Å²) < 4.78 is 0. The smallest absolute Gasteiger partial charge is 0.311 e. The van der Waals surface area contributed by atoms with E-state index in [4.69, 9.17) is 11.1 Å². The molecule has 3 aromatic carbocycles. The Morgan fingerprint density at radius 3 is 2.46 bits per heavy atom. The number of carbonyl (C=O) groups is 2. The van der Waals surface area contributed by atoms with Crippen molar-refractivity contribution < 1.29 is 24.9 Å². The van der Waals surface area contributed by atoms with E-state index in [-0.39, 0.29) is 39.7 Å². The van der Waals surface area contributed by atoms with E-state index in [1.807, 2.05) is 6.07 Å². The van der Waals surface area contributed by atoms with Gasteiger partial charge >= 0.3 is 11.9 Å². The Bertz CT molecular complexity index is 1550. The molecular weight excluding hydrogens is 450 g/mol. The highest BCUT2D eigenvalue weighted by Crippen LogP contribution is 2.42. The molecule has 0 aliphatic carbocycles. The molecule has 0 fully saturated rings. The fourth-order valence-corrected chi connectivity index (χ4v) is 3.88. The molecule has 0 aliphatic heterocycles. The SMILES string of the molecule is N#Cc1ccccc1-c1cc(C(CC(=O)O)C(=O)O)cc(-c2nc3cc(C(=N)N)ccc3[nH]2)c1O. The Morgan fingerprint density at radius 1 is 1.09 bits per heavy atom. The minimum atomic E-state index is -1.41. The molecule has 0 saturated carbocycles. The molecule has 1 unspecified atom stereocenters. The van der Waals surface area contributed by atoms with Crippen molar-refractivity contribution in [1.29, 1.82) is 10.7 Å². The standard InChI is InChI=1S/C25H19N5O5/c26-11-13-3-1-2-4-15(13)17-7-14(16(25(34)35)10-21(31)32)8-18(22(17)33)24-29-19-6-5-12(23(27)28)9-20(19)30-24/h1-9,16,33H,10H2,(H3,27,28)(H,29,30)(H,31,32)(H,34,35). The van der Waals surface area contributed by atoms with E-state index < -0.39 is 24.3 Å². The van der Waals surface area contributed by atoms with Gasteiger partial charge in [-0.1, -0.05) is 18.2 Å². The van der Waals surface area contributed by atoms with Crippen LogP contribution >= 0.6 is 0 Å². The van der Waals surface area contributed by atoms with Crippen molar-refractivity contribution in [2.24, 2.45) is 5.73 Å². The molecule has 0 radical (unpaired) electrons. The van der Waals surface area contributed by atoms with Crippen molar-refractivity contribution in [3.63, 3.8) is 0 Å². The van der Waals surface area contributed by atoms with E-state index in [1.54, 1.807) is 42.5 Å². The molecule has 0 bridgehead atoms. The maximum Gasteiger partial charge on any atom is 0.311 e. The molecule has 1 aromatic heterocycles. The van der Waals surface area contributed by atoms with Crippen LogP contribution in [0.25, 0.3) is 33.5 Å². The molecule has 0 spiro atoms. The Labute approximate surface area is 198 Å². The number of nitriles is 1. The van der Waals surface area contributed by atoms with Gasteiger partial charge in [0.15, 0.2) is 0 Å². The number of phenols is 1. The summed E-state index contributed by atoms with van der Waals surface area (Å²) in [7, 11) is 0. The van der Waals surface area contributed by atoms with E-state index in [0.29, 0.717) is 22.2 Å². The van der Waals surface area contributed by atoms with Gasteiger partial charge in [0.1, 0.15) is 17.4 Å². The lowest BCUT2D eigenvalue weighted by Gasteiger charge is -2.17. The zero-order chi connectivity index (χ0) is 25.3. The number of rotatable bonds is 7. The second kappa shape index (κ2) is 8.99. The van der Waals surface area contributed by atoms with Crippen LogP contribution in [0, 0.1) is 16.7 Å². The van der Waals surface area contributed by atoms with Crippen molar-refractivity contribution in [3.8, 4) is 34.3 Å². The van der Waals surface area contributed by atoms with Gasteiger partial charge in [-0.05, 0) is 42.0 Å². The summed E-state index contributed by atoms with van der Waals surface area (Å²) in [6.45, 7) is 0. The Kier molecular flexibility index (Phi) is 5.91. The third kappa shape index (κ3) is 4.38. The molecule has 35 heavy (non-hydrogen) atoms. The van der Waals surface area contributed by atoms with Crippen molar-refractivity contribution >= 4 is 28.8 Å². The lowest BCUT2D eigenvalue weighted by molar-refractivity contribution is -0.145. The summed E-state index contributed by atoms with van der Waals surface area (Å²) in [4.78, 5) is 30.8. The van der Waals surface area contributed by atoms with Crippen LogP contribution in [0.2, 0.25) is 0 Å². The lowest BCUT2D eigenvalue weighted by atomic mass is 9.88. The monoisotopic (exact) mass is 469 g/mol. The highest BCUT2D eigenvalue weighted by Gasteiger charge is 2.27. The van der Waals surface area contributed by atoms with Crippen molar-refractivity contribution in [2.45, 2.75) is 12.3 Å². The van der Waals surface area contributed by atoms with Crippen LogP contribution in [0.4, 0.5) is 0 Å². The first-order valence-electron chi connectivity index (χ1n) is 10.3. The maximum absolute atomic E-state index is 11.9. The number of fused-ring (bicyclic) bond motifs is 1. The maximum atomic E-state index is 11.9. The first-order chi connectivity index (χ1) is 16.7. The molecule has 10 heteroatoms. The van der Waals surface area contributed by atoms with E-state index >= 15 is 0 Å². The minimum absolute atomic E-state index is 0.125. The van der Waals surface area contributed by atoms with Gasteiger partial charge in [-0.25, -0.2) is 4.98 Å². The van der Waals surface area contributed by atoms with E-state index in [2.05, 4.69) is 9.97 Å². The highest BCUT2D eigenvalue weighted by molar-refractivity contribution is 5.98. The Morgan fingerprint density at radius 2 is 1.80 bits per heavy atom. The Hall–Kier alpha value is -5.17. The average Bonchev–Trinajstić information content (AvgIpc) is 3.25. The van der Waals surface area contributed by atoms with Gasteiger partial charge in [-0.3, -0.25) is 15.0 Å². The van der Waals surface area contributed by atoms with Crippen LogP contribution in [0.15, 0.2) is 54.6 Å². The number of H-pyrrole nitrogens is 1. The van der Waals surface area contributed by atoms with Crippen LogP contribution in [0.5, 0.6) is 5.75 Å². The zero-order valence-electron chi connectivity index (χ0n) is 18.1. The molecule has 4 aromatic rings. The number of benzene rings is 3. The van der Waals surface area contributed by atoms with Crippen LogP contribution < -0.4 is 5.73 Å². The van der Waals surface area contributed by atoms with Gasteiger partial charge in [-0.2, -0.15) is 5.26 Å². The fourth-order valence-electron chi connectivity index (χ4n) is 3.88. The van der Waals surface area contributed by atoms with Crippen LogP contribution in [-0.4, -0.2) is 43.1 Å². The zero-order valence-corrected chi connectivity index (χ0v) is 18.1. The van der Waals surface area contributed by atoms with Crippen LogP contribution in [0.3, 0.4) is 0 Å². The second-order valence-electron chi connectivity index (χ2n) is 7.84. The van der Waals surface area contributed by atoms with Gasteiger partial charge in [0.05, 0.1) is 40.6 Å². The molecule has 1 heterocycles. The molecule has 0 aliphatic rings. The first-order valence-corrected chi connectivity index (χ1v) is 10.3. The largest absolute Gasteiger partial charge is 0.507 e. The predicted octanol–water partition coefficient (Wildman–Crippen LogP) is 3.40. The highest BCUT2D eigenvalue weighted by atomic mass is 16.4. The number of aromatic nitrogens is 2. The summed E-state index contributed by atoms with van der Waals surface area (Å²) >= 11 is 0. The first kappa shape index (κ1) is 23.0. The Balaban J connectivity index is 2.00. The number of aromatic amines is 1. The number of hydrogen-bond donors (Lipinski definition) is 6. The molecule has 174 valence electrons. The number of carboxylic acid groups (broad SMARTS) is 2. The number of carboxylic acids is 2. The third-order valence-corrected chi connectivity index (χ3v) is 5.60. The molecule has 4 rings (SSSR count). The molecule has 0 saturated heterocycles. The molecule has 0 amide bonds. The fraction of sp³-hybridized carbons (Fsp3) is 0.0800. The molecule has 10 nitrogen and oxygen atoms in total. The van der Waals surface area contributed by atoms with Crippen molar-refractivity contribution in [3.05, 3.63) is 71.3 Å². The van der Waals surface area contributed by atoms with Crippen molar-refractivity contribution in [2.75, 3.05) is 0 Å². The topological polar surface area (TPSA) is 197 Å². The number of nitrogen functional groups attached to an aromatic ring is 1. The van der Waals surface area contributed by atoms with E-state index in [9.17, 15) is 30.2 Å². The summed E-state index contributed by atoms with van der Waals surface area (Å²) in [6, 6.07) is 16.2. The van der Waals surface area contributed by atoms with Crippen LogP contribution in [-0.2, 0) is 9.59 Å². The summed E-state index contributed by atoms with van der Waals surface area (Å²) in [5, 5.41) is 47.4. The normalized spacial score (nSPS) is 11.6. The van der Waals surface area contributed by atoms with Crippen molar-refractivity contribution in [1.82, 2.24) is 9.97 Å². The number of aliphatic carboxylic acids is 2. The summed E-state index contributed by atoms with van der Waals surface area (Å²) in [5.74, 6) is -4.27. The molecular formula is C25H19N5O5. The van der Waals surface area contributed by atoms with Gasteiger partial charge < -0.3 is 26.0 Å². The number of phenolic OH excluding ortho intramolecular Hbond substituents is 1. The second-order valence-corrected chi connectivity index (χ2v) is 7.84. The molecule has 1 atom stereocenters. The molecule has 7 N–H and O–H groups in total. The van der Waals surface area contributed by atoms with Crippen LogP contribution in [0.1, 0.15) is 29.0 Å². The number of nitrogens with zero attached hydrogens (tertiary/aromatic N) is 2. The van der Waals surface area contributed by atoms with Gasteiger partial charge in [0.25, 0.3) is 0 Å². The number of nitrogens with two attached hydrogens (primary N) is 1. The van der Waals surface area contributed by atoms with E-state index in [1.165, 1.54) is 12.1 Å². The third-order valence-electron chi connectivity index (χ3n) is 5.60. The van der Waals surface area contributed by atoms with E-state index in [0.717, 1.165) is 0 Å².